The number of rotatable bonds is 23. The van der Waals surface area contributed by atoms with Crippen molar-refractivity contribution in [3.05, 3.63) is 26.0 Å². The molecule has 1 unspecified atom stereocenters. The maximum absolute atomic E-state index is 4.03. The summed E-state index contributed by atoms with van der Waals surface area (Å²) >= 11 is 0. The Labute approximate surface area is 180 Å². The van der Waals surface area contributed by atoms with Gasteiger partial charge in [-0.1, -0.05) is 148 Å². The van der Waals surface area contributed by atoms with Crippen molar-refractivity contribution in [1.29, 1.82) is 0 Å². The van der Waals surface area contributed by atoms with E-state index in [9.17, 15) is 0 Å². The van der Waals surface area contributed by atoms with Gasteiger partial charge in [-0.25, -0.2) is 0 Å². The van der Waals surface area contributed by atoms with Gasteiger partial charge < -0.3 is 0 Å². The highest BCUT2D eigenvalue weighted by atomic mass is 14.1. The summed E-state index contributed by atoms with van der Waals surface area (Å²) in [4.78, 5) is 0. The Balaban J connectivity index is 3.21. The summed E-state index contributed by atoms with van der Waals surface area (Å²) in [6.07, 6.45) is 35.1. The van der Waals surface area contributed by atoms with Crippen LogP contribution in [0.15, 0.2) is 12.2 Å². The zero-order valence-electron chi connectivity index (χ0n) is 19.7. The average molecular weight is 391 g/mol. The van der Waals surface area contributed by atoms with Crippen molar-refractivity contribution >= 4 is 0 Å². The third-order valence-corrected chi connectivity index (χ3v) is 6.08. The van der Waals surface area contributed by atoms with Crippen LogP contribution in [0.3, 0.4) is 0 Å². The van der Waals surface area contributed by atoms with Crippen molar-refractivity contribution in [1.82, 2.24) is 0 Å². The Kier molecular flexibility index (Phi) is 24.5. The molecule has 0 fully saturated rings. The molecule has 0 aliphatic heterocycles. The lowest BCUT2D eigenvalue weighted by atomic mass is 9.92. The quantitative estimate of drug-likeness (QED) is 0.120. The van der Waals surface area contributed by atoms with Crippen LogP contribution in [0.25, 0.3) is 0 Å². The first-order valence-electron chi connectivity index (χ1n) is 13.1. The summed E-state index contributed by atoms with van der Waals surface area (Å²) in [6, 6.07) is 0. The third-order valence-electron chi connectivity index (χ3n) is 6.08. The Morgan fingerprint density at radius 1 is 0.500 bits per heavy atom. The molecule has 0 aromatic rings. The highest BCUT2D eigenvalue weighted by Crippen LogP contribution is 2.21. The van der Waals surface area contributed by atoms with E-state index in [1.807, 2.05) is 0 Å². The molecular formula is C28H54. The summed E-state index contributed by atoms with van der Waals surface area (Å²) in [5, 5.41) is 0. The second-order valence-corrected chi connectivity index (χ2v) is 8.94. The molecule has 0 aromatic heterocycles. The highest BCUT2D eigenvalue weighted by Gasteiger charge is 2.05. The molecule has 0 saturated heterocycles. The Morgan fingerprint density at radius 3 is 1.43 bits per heavy atom. The summed E-state index contributed by atoms with van der Waals surface area (Å²) in [5.74, 6) is 0.956. The van der Waals surface area contributed by atoms with Crippen molar-refractivity contribution in [2.75, 3.05) is 0 Å². The maximum Gasteiger partial charge on any atom is -0.0351 e. The minimum Gasteiger partial charge on any atom is -0.0885 e. The van der Waals surface area contributed by atoms with Gasteiger partial charge in [0.1, 0.15) is 0 Å². The van der Waals surface area contributed by atoms with Crippen molar-refractivity contribution < 1.29 is 0 Å². The van der Waals surface area contributed by atoms with Crippen LogP contribution >= 0.6 is 0 Å². The first kappa shape index (κ1) is 27.7. The SMILES string of the molecule is [CH2]CCCCCCCCCC=CCCCCCCCCCC(CC[CH2])CCC. The molecule has 0 bridgehead atoms. The van der Waals surface area contributed by atoms with Gasteiger partial charge in [0.15, 0.2) is 0 Å². The van der Waals surface area contributed by atoms with E-state index in [1.54, 1.807) is 0 Å². The molecule has 28 heavy (non-hydrogen) atoms. The van der Waals surface area contributed by atoms with Crippen molar-refractivity contribution in [2.45, 2.75) is 148 Å². The Bertz CT molecular complexity index is 284. The average Bonchev–Trinajstić information content (AvgIpc) is 2.70. The predicted molar refractivity (Wildman–Crippen MR) is 131 cm³/mol. The zero-order valence-corrected chi connectivity index (χ0v) is 19.7. The van der Waals surface area contributed by atoms with E-state index in [1.165, 1.54) is 128 Å². The number of unbranched alkanes of at least 4 members (excludes halogenated alkanes) is 15. The van der Waals surface area contributed by atoms with Crippen LogP contribution in [0.2, 0.25) is 0 Å². The Hall–Kier alpha value is -0.260. The van der Waals surface area contributed by atoms with Crippen LogP contribution in [0.5, 0.6) is 0 Å². The number of hydrogen-bond acceptors (Lipinski definition) is 0. The fraction of sp³-hybridized carbons (Fsp3) is 0.857. The highest BCUT2D eigenvalue weighted by molar-refractivity contribution is 4.81. The molecule has 0 amide bonds. The molecular weight excluding hydrogens is 336 g/mol. The molecule has 0 aromatic carbocycles. The van der Waals surface area contributed by atoms with E-state index in [2.05, 4.69) is 32.9 Å². The molecule has 0 N–H and O–H groups in total. The summed E-state index contributed by atoms with van der Waals surface area (Å²) in [7, 11) is 0. The Morgan fingerprint density at radius 2 is 0.964 bits per heavy atom. The monoisotopic (exact) mass is 390 g/mol. The standard InChI is InChI=1S/C28H54/c1-4-7-8-9-10-11-12-13-14-15-16-17-18-19-20-21-22-23-24-27-28(25-5-2)26-6-3/h15-16,28H,1-2,4-14,17-27H2,3H3. The van der Waals surface area contributed by atoms with Crippen LogP contribution in [0.4, 0.5) is 0 Å². The second-order valence-electron chi connectivity index (χ2n) is 8.94. The topological polar surface area (TPSA) is 0 Å². The summed E-state index contributed by atoms with van der Waals surface area (Å²) in [6.45, 7) is 10.3. The number of hydrogen-bond donors (Lipinski definition) is 0. The van der Waals surface area contributed by atoms with Gasteiger partial charge in [-0.15, -0.1) is 0 Å². The minimum atomic E-state index is 0.956. The normalized spacial score (nSPS) is 11.9. The van der Waals surface area contributed by atoms with Gasteiger partial charge in [-0.2, -0.15) is 0 Å². The molecule has 0 spiro atoms. The molecule has 0 rings (SSSR count). The lowest BCUT2D eigenvalue weighted by molar-refractivity contribution is 0.396. The molecule has 0 heterocycles. The van der Waals surface area contributed by atoms with Crippen LogP contribution in [-0.2, 0) is 0 Å². The van der Waals surface area contributed by atoms with Gasteiger partial charge in [0.2, 0.25) is 0 Å². The van der Waals surface area contributed by atoms with Crippen LogP contribution in [0, 0.1) is 19.8 Å². The van der Waals surface area contributed by atoms with E-state index in [0.29, 0.717) is 0 Å². The number of allylic oxidation sites excluding steroid dienone is 2. The maximum atomic E-state index is 4.03. The van der Waals surface area contributed by atoms with Gasteiger partial charge >= 0.3 is 0 Å². The van der Waals surface area contributed by atoms with Gasteiger partial charge in [-0.05, 0) is 31.6 Å². The molecule has 0 nitrogen and oxygen atoms in total. The first-order chi connectivity index (χ1) is 13.8. The van der Waals surface area contributed by atoms with Crippen LogP contribution < -0.4 is 0 Å². The van der Waals surface area contributed by atoms with Crippen LogP contribution in [0.1, 0.15) is 148 Å². The molecule has 0 heteroatoms. The molecule has 2 radical (unpaired) electrons. The van der Waals surface area contributed by atoms with E-state index in [-0.39, 0.29) is 0 Å². The van der Waals surface area contributed by atoms with Gasteiger partial charge in [-0.3, -0.25) is 0 Å². The van der Waals surface area contributed by atoms with E-state index >= 15 is 0 Å². The minimum absolute atomic E-state index is 0.956. The summed E-state index contributed by atoms with van der Waals surface area (Å²) < 4.78 is 0. The lowest BCUT2D eigenvalue weighted by Crippen LogP contribution is -1.99. The fourth-order valence-corrected chi connectivity index (χ4v) is 4.27. The van der Waals surface area contributed by atoms with Crippen molar-refractivity contribution in [3.8, 4) is 0 Å². The lowest BCUT2D eigenvalue weighted by Gasteiger charge is -2.14. The smallest absolute Gasteiger partial charge is 0.0351 e. The first-order valence-corrected chi connectivity index (χ1v) is 13.1. The molecule has 1 atom stereocenters. The van der Waals surface area contributed by atoms with E-state index in [4.69, 9.17) is 0 Å². The van der Waals surface area contributed by atoms with Gasteiger partial charge in [0.25, 0.3) is 0 Å². The van der Waals surface area contributed by atoms with Gasteiger partial charge in [0.05, 0.1) is 0 Å². The molecule has 0 aliphatic carbocycles. The third kappa shape index (κ3) is 22.0. The zero-order chi connectivity index (χ0) is 20.5. The molecule has 166 valence electrons. The summed E-state index contributed by atoms with van der Waals surface area (Å²) in [5.41, 5.74) is 0. The van der Waals surface area contributed by atoms with Crippen LogP contribution in [-0.4, -0.2) is 0 Å². The van der Waals surface area contributed by atoms with Crippen molar-refractivity contribution in [2.24, 2.45) is 5.92 Å². The van der Waals surface area contributed by atoms with E-state index < -0.39 is 0 Å². The van der Waals surface area contributed by atoms with Gasteiger partial charge in [0, 0.05) is 0 Å². The van der Waals surface area contributed by atoms with E-state index in [0.717, 1.165) is 18.8 Å². The molecule has 0 aliphatic rings. The molecule has 0 saturated carbocycles. The largest absolute Gasteiger partial charge is 0.0885 e. The second kappa shape index (κ2) is 24.8. The predicted octanol–water partition coefficient (Wildman–Crippen LogP) is 10.4. The fourth-order valence-electron chi connectivity index (χ4n) is 4.27. The van der Waals surface area contributed by atoms with Crippen molar-refractivity contribution in [3.63, 3.8) is 0 Å².